The first-order chi connectivity index (χ1) is 11.3. The summed E-state index contributed by atoms with van der Waals surface area (Å²) >= 11 is 0. The van der Waals surface area contributed by atoms with Gasteiger partial charge in [0, 0.05) is 0 Å². The highest BCUT2D eigenvalue weighted by Crippen LogP contribution is 2.23. The Morgan fingerprint density at radius 2 is 1.29 bits per heavy atom. The van der Waals surface area contributed by atoms with E-state index in [9.17, 15) is 9.59 Å². The number of esters is 1. The highest BCUT2D eigenvalue weighted by molar-refractivity contribution is 5.97. The van der Waals surface area contributed by atoms with E-state index < -0.39 is 5.92 Å². The second-order valence-corrected chi connectivity index (χ2v) is 7.96. The van der Waals surface area contributed by atoms with Gasteiger partial charge >= 0.3 is 5.97 Å². The van der Waals surface area contributed by atoms with Crippen LogP contribution in [0.5, 0.6) is 0 Å². The molecule has 0 aromatic carbocycles. The van der Waals surface area contributed by atoms with E-state index in [0.717, 1.165) is 18.3 Å². The van der Waals surface area contributed by atoms with Gasteiger partial charge < -0.3 is 4.74 Å². The number of Topliss-reactive ketones (excluding diaryl/α,β-unsaturated/α-hetero) is 1. The Balaban J connectivity index is 3.93. The van der Waals surface area contributed by atoms with E-state index in [0.29, 0.717) is 18.9 Å². The van der Waals surface area contributed by atoms with Crippen molar-refractivity contribution in [3.63, 3.8) is 0 Å². The molecule has 1 unspecified atom stereocenters. The van der Waals surface area contributed by atoms with Gasteiger partial charge in [0.05, 0.1) is 6.61 Å². The van der Waals surface area contributed by atoms with E-state index in [4.69, 9.17) is 4.74 Å². The highest BCUT2D eigenvalue weighted by atomic mass is 16.5. The highest BCUT2D eigenvalue weighted by Gasteiger charge is 2.24. The summed E-state index contributed by atoms with van der Waals surface area (Å²) in [6.45, 7) is 12.8. The predicted octanol–water partition coefficient (Wildman–Crippen LogP) is 5.80. The molecule has 0 aliphatic rings. The van der Waals surface area contributed by atoms with Crippen LogP contribution in [0.3, 0.4) is 0 Å². The second-order valence-electron chi connectivity index (χ2n) is 7.96. The molecule has 0 heterocycles. The number of hydrogen-bond acceptors (Lipinski definition) is 3. The van der Waals surface area contributed by atoms with Gasteiger partial charge in [0.2, 0.25) is 0 Å². The lowest BCUT2D eigenvalue weighted by Gasteiger charge is -2.17. The lowest BCUT2D eigenvalue weighted by atomic mass is 9.89. The van der Waals surface area contributed by atoms with Gasteiger partial charge in [-0.05, 0) is 44.4 Å². The van der Waals surface area contributed by atoms with Crippen LogP contribution >= 0.6 is 0 Å². The summed E-state index contributed by atoms with van der Waals surface area (Å²) < 4.78 is 5.00. The SMILES string of the molecule is CCOC(=O)C(CC[C@H](C)CCC[C@H](C)CCCC(C)C)C(C)=O. The van der Waals surface area contributed by atoms with Crippen LogP contribution < -0.4 is 0 Å². The van der Waals surface area contributed by atoms with E-state index in [1.165, 1.54) is 45.4 Å². The average Bonchev–Trinajstić information content (AvgIpc) is 2.46. The number of carbonyl (C=O) groups excluding carboxylic acids is 2. The normalized spacial score (nSPS) is 15.1. The van der Waals surface area contributed by atoms with Crippen LogP contribution in [0.2, 0.25) is 0 Å². The molecule has 0 N–H and O–H groups in total. The second kappa shape index (κ2) is 13.4. The van der Waals surface area contributed by atoms with Crippen molar-refractivity contribution in [1.29, 1.82) is 0 Å². The molecule has 0 aromatic heterocycles. The molecule has 142 valence electrons. The van der Waals surface area contributed by atoms with Crippen molar-refractivity contribution in [2.45, 2.75) is 92.9 Å². The summed E-state index contributed by atoms with van der Waals surface area (Å²) in [4.78, 5) is 23.4. The van der Waals surface area contributed by atoms with Crippen LogP contribution in [0.1, 0.15) is 92.9 Å². The van der Waals surface area contributed by atoms with Gasteiger partial charge in [-0.15, -0.1) is 0 Å². The predicted molar refractivity (Wildman–Crippen MR) is 101 cm³/mol. The zero-order valence-electron chi connectivity index (χ0n) is 16.9. The van der Waals surface area contributed by atoms with Gasteiger partial charge in [-0.2, -0.15) is 0 Å². The summed E-state index contributed by atoms with van der Waals surface area (Å²) in [5, 5.41) is 0. The monoisotopic (exact) mass is 340 g/mol. The maximum Gasteiger partial charge on any atom is 0.316 e. The smallest absolute Gasteiger partial charge is 0.316 e. The van der Waals surface area contributed by atoms with E-state index in [-0.39, 0.29) is 11.8 Å². The maximum absolute atomic E-state index is 11.8. The zero-order valence-corrected chi connectivity index (χ0v) is 16.9. The first-order valence-corrected chi connectivity index (χ1v) is 9.94. The summed E-state index contributed by atoms with van der Waals surface area (Å²) in [7, 11) is 0. The molecule has 0 rings (SSSR count). The Labute approximate surface area is 149 Å². The van der Waals surface area contributed by atoms with Crippen LogP contribution in [0.25, 0.3) is 0 Å². The van der Waals surface area contributed by atoms with E-state index >= 15 is 0 Å². The first kappa shape index (κ1) is 23.1. The van der Waals surface area contributed by atoms with Gasteiger partial charge in [0.15, 0.2) is 0 Å². The molecule has 0 amide bonds. The van der Waals surface area contributed by atoms with Gasteiger partial charge in [-0.25, -0.2) is 0 Å². The lowest BCUT2D eigenvalue weighted by Crippen LogP contribution is -2.25. The van der Waals surface area contributed by atoms with Crippen molar-refractivity contribution in [2.24, 2.45) is 23.7 Å². The van der Waals surface area contributed by atoms with Gasteiger partial charge in [-0.3, -0.25) is 9.59 Å². The quantitative estimate of drug-likeness (QED) is 0.296. The summed E-state index contributed by atoms with van der Waals surface area (Å²) in [5.41, 5.74) is 0. The molecule has 0 aliphatic heterocycles. The average molecular weight is 341 g/mol. The third-order valence-electron chi connectivity index (χ3n) is 4.88. The minimum Gasteiger partial charge on any atom is -0.465 e. The van der Waals surface area contributed by atoms with Crippen molar-refractivity contribution in [1.82, 2.24) is 0 Å². The third-order valence-corrected chi connectivity index (χ3v) is 4.88. The van der Waals surface area contributed by atoms with Crippen molar-refractivity contribution < 1.29 is 14.3 Å². The van der Waals surface area contributed by atoms with Gasteiger partial charge in [-0.1, -0.05) is 66.2 Å². The van der Waals surface area contributed by atoms with Crippen LogP contribution in [-0.4, -0.2) is 18.4 Å². The molecule has 3 heteroatoms. The zero-order chi connectivity index (χ0) is 18.5. The fraction of sp³-hybridized carbons (Fsp3) is 0.905. The molecule has 0 fully saturated rings. The van der Waals surface area contributed by atoms with Crippen LogP contribution in [0.15, 0.2) is 0 Å². The van der Waals surface area contributed by atoms with E-state index in [2.05, 4.69) is 27.7 Å². The molecule has 24 heavy (non-hydrogen) atoms. The Kier molecular flexibility index (Phi) is 13.0. The maximum atomic E-state index is 11.8. The van der Waals surface area contributed by atoms with Crippen LogP contribution in [0.4, 0.5) is 0 Å². The summed E-state index contributed by atoms with van der Waals surface area (Å²) in [6, 6.07) is 0. The minimum atomic E-state index is -0.567. The third kappa shape index (κ3) is 11.6. The molecule has 3 atom stereocenters. The standard InChI is InChI=1S/C21H40O3/c1-7-24-21(23)20(19(6)22)15-14-18(5)13-9-12-17(4)11-8-10-16(2)3/h16-18,20H,7-15H2,1-6H3/t17-,18-,20?/m1/s1. The molecule has 0 spiro atoms. The molecule has 0 bridgehead atoms. The van der Waals surface area contributed by atoms with Gasteiger partial charge in [0.25, 0.3) is 0 Å². The van der Waals surface area contributed by atoms with Crippen molar-refractivity contribution in [3.05, 3.63) is 0 Å². The lowest BCUT2D eigenvalue weighted by molar-refractivity contribution is -0.151. The molecule has 0 saturated carbocycles. The molecule has 0 radical (unpaired) electrons. The first-order valence-electron chi connectivity index (χ1n) is 9.94. The van der Waals surface area contributed by atoms with Crippen LogP contribution in [0, 0.1) is 23.7 Å². The Morgan fingerprint density at radius 1 is 0.792 bits per heavy atom. The van der Waals surface area contributed by atoms with E-state index in [1.807, 2.05) is 0 Å². The van der Waals surface area contributed by atoms with Crippen molar-refractivity contribution in [3.8, 4) is 0 Å². The topological polar surface area (TPSA) is 43.4 Å². The van der Waals surface area contributed by atoms with Crippen molar-refractivity contribution in [2.75, 3.05) is 6.61 Å². The summed E-state index contributed by atoms with van der Waals surface area (Å²) in [6.07, 6.45) is 9.27. The van der Waals surface area contributed by atoms with Gasteiger partial charge in [0.1, 0.15) is 11.7 Å². The molecule has 0 aliphatic carbocycles. The molecular formula is C21H40O3. The van der Waals surface area contributed by atoms with E-state index in [1.54, 1.807) is 6.92 Å². The Bertz CT molecular complexity index is 349. The fourth-order valence-corrected chi connectivity index (χ4v) is 3.16. The Morgan fingerprint density at radius 3 is 1.75 bits per heavy atom. The number of rotatable bonds is 14. The number of ketones is 1. The number of hydrogen-bond donors (Lipinski definition) is 0. The number of carbonyl (C=O) groups is 2. The largest absolute Gasteiger partial charge is 0.465 e. The minimum absolute atomic E-state index is 0.0700. The van der Waals surface area contributed by atoms with Crippen molar-refractivity contribution >= 4 is 11.8 Å². The molecule has 0 aromatic rings. The number of ether oxygens (including phenoxy) is 1. The summed E-state index contributed by atoms with van der Waals surface area (Å²) in [5.74, 6) is 1.19. The van der Waals surface area contributed by atoms with Crippen LogP contribution in [-0.2, 0) is 14.3 Å². The molecule has 0 saturated heterocycles. The molecular weight excluding hydrogens is 300 g/mol. The molecule has 3 nitrogen and oxygen atoms in total. The Hall–Kier alpha value is -0.860. The fourth-order valence-electron chi connectivity index (χ4n) is 3.16.